The normalized spacial score (nSPS) is 10.8. The number of phenolic OH excluding ortho intramolecular Hbond substituents is 1. The number of aromatic hydroxyl groups is 1. The molecular formula is C18H15ClN2O3. The number of phenols is 1. The van der Waals surface area contributed by atoms with Gasteiger partial charge in [0, 0.05) is 0 Å². The van der Waals surface area contributed by atoms with Crippen LogP contribution in [0, 0.1) is 11.3 Å². The summed E-state index contributed by atoms with van der Waals surface area (Å²) in [6, 6.07) is 13.2. The smallest absolute Gasteiger partial charge is 0.266 e. The standard InChI is InChI=1S/C18H15ClN2O3/c1-2-24-17-6-4-3-5-15(17)21-18(23)13(11-20)9-12-7-8-16(22)14(19)10-12/h3-10,22H,2H2,1H3,(H,21,23)/b13-9-. The minimum Gasteiger partial charge on any atom is -0.506 e. The lowest BCUT2D eigenvalue weighted by Gasteiger charge is -2.10. The predicted octanol–water partition coefficient (Wildman–Crippen LogP) is 3.99. The van der Waals surface area contributed by atoms with Crippen LogP contribution in [0.2, 0.25) is 5.02 Å². The Kier molecular flexibility index (Phi) is 5.83. The van der Waals surface area contributed by atoms with Crippen molar-refractivity contribution in [3.8, 4) is 17.6 Å². The van der Waals surface area contributed by atoms with Crippen molar-refractivity contribution in [3.63, 3.8) is 0 Å². The first-order chi connectivity index (χ1) is 11.5. The molecule has 0 aromatic heterocycles. The lowest BCUT2D eigenvalue weighted by atomic mass is 10.1. The van der Waals surface area contributed by atoms with Gasteiger partial charge in [0.05, 0.1) is 17.3 Å². The number of nitrogens with zero attached hydrogens (tertiary/aromatic N) is 1. The number of para-hydroxylation sites is 2. The Morgan fingerprint density at radius 3 is 2.79 bits per heavy atom. The summed E-state index contributed by atoms with van der Waals surface area (Å²) in [4.78, 5) is 12.3. The average Bonchev–Trinajstić information content (AvgIpc) is 2.57. The van der Waals surface area contributed by atoms with E-state index >= 15 is 0 Å². The summed E-state index contributed by atoms with van der Waals surface area (Å²) in [5, 5.41) is 21.4. The van der Waals surface area contributed by atoms with E-state index in [0.717, 1.165) is 0 Å². The Hall–Kier alpha value is -2.97. The monoisotopic (exact) mass is 342 g/mol. The van der Waals surface area contributed by atoms with Crippen LogP contribution in [0.3, 0.4) is 0 Å². The zero-order valence-corrected chi connectivity index (χ0v) is 13.7. The van der Waals surface area contributed by atoms with E-state index in [-0.39, 0.29) is 16.3 Å². The van der Waals surface area contributed by atoms with Gasteiger partial charge < -0.3 is 15.2 Å². The summed E-state index contributed by atoms with van der Waals surface area (Å²) < 4.78 is 5.44. The van der Waals surface area contributed by atoms with Gasteiger partial charge in [-0.05, 0) is 42.8 Å². The molecule has 0 unspecified atom stereocenters. The summed E-state index contributed by atoms with van der Waals surface area (Å²) in [5.74, 6) is -0.102. The molecule has 2 aromatic carbocycles. The molecule has 0 radical (unpaired) electrons. The molecule has 5 nitrogen and oxygen atoms in total. The second-order valence-corrected chi connectivity index (χ2v) is 5.17. The predicted molar refractivity (Wildman–Crippen MR) is 92.9 cm³/mol. The molecule has 6 heteroatoms. The number of rotatable bonds is 5. The number of anilines is 1. The van der Waals surface area contributed by atoms with Gasteiger partial charge in [0.15, 0.2) is 0 Å². The zero-order chi connectivity index (χ0) is 17.5. The van der Waals surface area contributed by atoms with Crippen molar-refractivity contribution in [2.24, 2.45) is 0 Å². The maximum atomic E-state index is 12.3. The van der Waals surface area contributed by atoms with Gasteiger partial charge >= 0.3 is 0 Å². The molecule has 2 rings (SSSR count). The molecule has 0 bridgehead atoms. The Balaban J connectivity index is 2.25. The highest BCUT2D eigenvalue weighted by molar-refractivity contribution is 6.32. The second kappa shape index (κ2) is 8.04. The molecule has 0 heterocycles. The molecule has 0 aliphatic rings. The quantitative estimate of drug-likeness (QED) is 0.635. The highest BCUT2D eigenvalue weighted by atomic mass is 35.5. The maximum Gasteiger partial charge on any atom is 0.266 e. The fourth-order valence-corrected chi connectivity index (χ4v) is 2.16. The van der Waals surface area contributed by atoms with Crippen molar-refractivity contribution in [1.82, 2.24) is 0 Å². The first kappa shape index (κ1) is 17.4. The van der Waals surface area contributed by atoms with E-state index in [1.165, 1.54) is 18.2 Å². The van der Waals surface area contributed by atoms with Gasteiger partial charge in [0.25, 0.3) is 5.91 Å². The average molecular weight is 343 g/mol. The number of hydrogen-bond acceptors (Lipinski definition) is 4. The summed E-state index contributed by atoms with van der Waals surface area (Å²) >= 11 is 5.83. The number of nitriles is 1. The Morgan fingerprint density at radius 2 is 2.12 bits per heavy atom. The highest BCUT2D eigenvalue weighted by Gasteiger charge is 2.12. The molecule has 122 valence electrons. The van der Waals surface area contributed by atoms with Gasteiger partial charge in [-0.15, -0.1) is 0 Å². The van der Waals surface area contributed by atoms with Crippen LogP contribution in [0.15, 0.2) is 48.0 Å². The molecule has 0 spiro atoms. The molecule has 0 fully saturated rings. The number of hydrogen-bond donors (Lipinski definition) is 2. The molecular weight excluding hydrogens is 328 g/mol. The van der Waals surface area contributed by atoms with Crippen molar-refractivity contribution < 1.29 is 14.6 Å². The third-order valence-electron chi connectivity index (χ3n) is 3.08. The third kappa shape index (κ3) is 4.28. The van der Waals surface area contributed by atoms with E-state index in [9.17, 15) is 15.2 Å². The van der Waals surface area contributed by atoms with E-state index in [4.69, 9.17) is 16.3 Å². The summed E-state index contributed by atoms with van der Waals surface area (Å²) in [6.07, 6.45) is 1.39. The second-order valence-electron chi connectivity index (χ2n) is 4.76. The van der Waals surface area contributed by atoms with Crippen LogP contribution in [0.5, 0.6) is 11.5 Å². The van der Waals surface area contributed by atoms with Crippen LogP contribution in [-0.2, 0) is 4.79 Å². The van der Waals surface area contributed by atoms with E-state index in [1.54, 1.807) is 30.3 Å². The van der Waals surface area contributed by atoms with Crippen molar-refractivity contribution in [2.45, 2.75) is 6.92 Å². The minimum absolute atomic E-state index is 0.0672. The van der Waals surface area contributed by atoms with Crippen molar-refractivity contribution in [1.29, 1.82) is 5.26 Å². The lowest BCUT2D eigenvalue weighted by molar-refractivity contribution is -0.112. The maximum absolute atomic E-state index is 12.3. The van der Waals surface area contributed by atoms with Crippen LogP contribution in [-0.4, -0.2) is 17.6 Å². The topological polar surface area (TPSA) is 82.3 Å². The first-order valence-electron chi connectivity index (χ1n) is 7.18. The summed E-state index contributed by atoms with van der Waals surface area (Å²) in [5.41, 5.74) is 0.917. The van der Waals surface area contributed by atoms with Crippen LogP contribution in [0.25, 0.3) is 6.08 Å². The van der Waals surface area contributed by atoms with Crippen molar-refractivity contribution >= 4 is 29.3 Å². The summed E-state index contributed by atoms with van der Waals surface area (Å²) in [6.45, 7) is 2.30. The highest BCUT2D eigenvalue weighted by Crippen LogP contribution is 2.26. The van der Waals surface area contributed by atoms with E-state index < -0.39 is 5.91 Å². The first-order valence-corrected chi connectivity index (χ1v) is 7.56. The largest absolute Gasteiger partial charge is 0.506 e. The van der Waals surface area contributed by atoms with Gasteiger partial charge in [0.1, 0.15) is 23.1 Å². The molecule has 2 N–H and O–H groups in total. The molecule has 0 saturated heterocycles. The van der Waals surface area contributed by atoms with Crippen LogP contribution in [0.4, 0.5) is 5.69 Å². The minimum atomic E-state index is -0.561. The third-order valence-corrected chi connectivity index (χ3v) is 3.39. The number of benzene rings is 2. The lowest BCUT2D eigenvalue weighted by Crippen LogP contribution is -2.14. The number of halogens is 1. The molecule has 1 amide bonds. The molecule has 2 aromatic rings. The molecule has 0 atom stereocenters. The van der Waals surface area contributed by atoms with E-state index in [0.29, 0.717) is 23.6 Å². The fraction of sp³-hybridized carbons (Fsp3) is 0.111. The fourth-order valence-electron chi connectivity index (χ4n) is 1.97. The van der Waals surface area contributed by atoms with Gasteiger partial charge in [-0.25, -0.2) is 0 Å². The Bertz CT molecular complexity index is 825. The van der Waals surface area contributed by atoms with Gasteiger partial charge in [-0.2, -0.15) is 5.26 Å². The van der Waals surface area contributed by atoms with E-state index in [1.807, 2.05) is 13.0 Å². The van der Waals surface area contributed by atoms with Crippen molar-refractivity contribution in [3.05, 3.63) is 58.6 Å². The van der Waals surface area contributed by atoms with Crippen LogP contribution >= 0.6 is 11.6 Å². The van der Waals surface area contributed by atoms with Gasteiger partial charge in [0.2, 0.25) is 0 Å². The Labute approximate surface area is 144 Å². The zero-order valence-electron chi connectivity index (χ0n) is 12.9. The van der Waals surface area contributed by atoms with Gasteiger partial charge in [-0.1, -0.05) is 29.8 Å². The number of carbonyl (C=O) groups is 1. The Morgan fingerprint density at radius 1 is 1.38 bits per heavy atom. The molecule has 0 aliphatic heterocycles. The van der Waals surface area contributed by atoms with E-state index in [2.05, 4.69) is 5.32 Å². The number of nitrogens with one attached hydrogen (secondary N) is 1. The van der Waals surface area contributed by atoms with Crippen LogP contribution in [0.1, 0.15) is 12.5 Å². The molecule has 24 heavy (non-hydrogen) atoms. The number of ether oxygens (including phenoxy) is 1. The number of amides is 1. The van der Waals surface area contributed by atoms with Gasteiger partial charge in [-0.3, -0.25) is 4.79 Å². The molecule has 0 aliphatic carbocycles. The van der Waals surface area contributed by atoms with Crippen LogP contribution < -0.4 is 10.1 Å². The summed E-state index contributed by atoms with van der Waals surface area (Å²) in [7, 11) is 0. The molecule has 0 saturated carbocycles. The van der Waals surface area contributed by atoms with Crippen molar-refractivity contribution in [2.75, 3.05) is 11.9 Å². The number of carbonyl (C=O) groups excluding carboxylic acids is 1. The SMILES string of the molecule is CCOc1ccccc1NC(=O)/C(C#N)=C\c1ccc(O)c(Cl)c1.